The molecule has 0 fully saturated rings. The number of hydrogen-bond donors (Lipinski definition) is 2. The Bertz CT molecular complexity index is 121. The molecule has 6 nitrogen and oxygen atoms in total. The standard InChI is InChI=1S/C4H4O4.2H2O/c5-3(6)1-2-4(7)8;;/h1-2H,(H,5,6)(H,7,8);2*1H2/b2-1+;;. The van der Waals surface area contributed by atoms with E-state index in [0.717, 1.165) is 0 Å². The van der Waals surface area contributed by atoms with Crippen LogP contribution in [0, 0.1) is 0 Å². The highest BCUT2D eigenvalue weighted by Gasteiger charge is 1.88. The Morgan fingerprint density at radius 2 is 1.10 bits per heavy atom. The van der Waals surface area contributed by atoms with E-state index in [1.54, 1.807) is 0 Å². The van der Waals surface area contributed by atoms with E-state index in [0.29, 0.717) is 12.2 Å². The van der Waals surface area contributed by atoms with Crippen molar-refractivity contribution in [2.75, 3.05) is 0 Å². The molecule has 0 aliphatic rings. The van der Waals surface area contributed by atoms with Crippen LogP contribution in [0.25, 0.3) is 0 Å². The minimum atomic E-state index is -1.26. The van der Waals surface area contributed by atoms with Gasteiger partial charge in [0.25, 0.3) is 0 Å². The second-order valence-electron chi connectivity index (χ2n) is 1.01. The fourth-order valence-electron chi connectivity index (χ4n) is 0.143. The highest BCUT2D eigenvalue weighted by molar-refractivity contribution is 5.89. The average molecular weight is 152 g/mol. The first-order valence-electron chi connectivity index (χ1n) is 1.77. The third-order valence-corrected chi connectivity index (χ3v) is 0.368. The molecular formula is C4H8O6. The van der Waals surface area contributed by atoms with Gasteiger partial charge in [-0.3, -0.25) is 0 Å². The molecule has 60 valence electrons. The van der Waals surface area contributed by atoms with Crippen molar-refractivity contribution >= 4 is 11.9 Å². The second kappa shape index (κ2) is 7.60. The minimum absolute atomic E-state index is 0. The molecular weight excluding hydrogens is 144 g/mol. The van der Waals surface area contributed by atoms with Crippen LogP contribution in [-0.2, 0) is 9.59 Å². The average Bonchev–Trinajstić information content (AvgIpc) is 1.61. The fourth-order valence-corrected chi connectivity index (χ4v) is 0.143. The van der Waals surface area contributed by atoms with Gasteiger partial charge in [0.2, 0.25) is 0 Å². The molecule has 0 amide bonds. The van der Waals surface area contributed by atoms with Gasteiger partial charge < -0.3 is 21.2 Å². The molecule has 0 rings (SSSR count). The Morgan fingerprint density at radius 1 is 0.900 bits per heavy atom. The summed E-state index contributed by atoms with van der Waals surface area (Å²) in [5.74, 6) is -2.51. The molecule has 0 bridgehead atoms. The summed E-state index contributed by atoms with van der Waals surface area (Å²) in [5.41, 5.74) is 0. The molecule has 0 unspecified atom stereocenters. The molecule has 0 aliphatic carbocycles. The van der Waals surface area contributed by atoms with E-state index >= 15 is 0 Å². The van der Waals surface area contributed by atoms with Gasteiger partial charge in [0.15, 0.2) is 0 Å². The van der Waals surface area contributed by atoms with Gasteiger partial charge in [-0.05, 0) is 0 Å². The monoisotopic (exact) mass is 152 g/mol. The fraction of sp³-hybridized carbons (Fsp3) is 0. The third-order valence-electron chi connectivity index (χ3n) is 0.368. The number of hydrogen-bond acceptors (Lipinski definition) is 2. The summed E-state index contributed by atoms with van der Waals surface area (Å²) in [6.07, 6.45) is 1.12. The van der Waals surface area contributed by atoms with Crippen LogP contribution in [-0.4, -0.2) is 33.1 Å². The lowest BCUT2D eigenvalue weighted by molar-refractivity contribution is -0.134. The van der Waals surface area contributed by atoms with E-state index in [4.69, 9.17) is 10.2 Å². The smallest absolute Gasteiger partial charge is 0.328 e. The lowest BCUT2D eigenvalue weighted by Crippen LogP contribution is -1.91. The van der Waals surface area contributed by atoms with Crippen LogP contribution >= 0.6 is 0 Å². The number of carbonyl (C=O) groups is 2. The van der Waals surface area contributed by atoms with Gasteiger partial charge in [-0.1, -0.05) is 0 Å². The Kier molecular flexibility index (Phi) is 12.0. The second-order valence-corrected chi connectivity index (χ2v) is 1.01. The van der Waals surface area contributed by atoms with E-state index in [-0.39, 0.29) is 11.0 Å². The van der Waals surface area contributed by atoms with Crippen molar-refractivity contribution in [2.24, 2.45) is 0 Å². The summed E-state index contributed by atoms with van der Waals surface area (Å²) >= 11 is 0. The van der Waals surface area contributed by atoms with Crippen molar-refractivity contribution in [2.45, 2.75) is 0 Å². The van der Waals surface area contributed by atoms with E-state index in [2.05, 4.69) is 0 Å². The van der Waals surface area contributed by atoms with Gasteiger partial charge in [0.1, 0.15) is 0 Å². The summed E-state index contributed by atoms with van der Waals surface area (Å²) in [6, 6.07) is 0. The van der Waals surface area contributed by atoms with Crippen LogP contribution in [0.15, 0.2) is 12.2 Å². The van der Waals surface area contributed by atoms with E-state index in [1.165, 1.54) is 0 Å². The number of carboxylic acids is 2. The van der Waals surface area contributed by atoms with Crippen LogP contribution in [0.3, 0.4) is 0 Å². The lowest BCUT2D eigenvalue weighted by atomic mass is 10.5. The van der Waals surface area contributed by atoms with Gasteiger partial charge in [-0.25, -0.2) is 9.59 Å². The Morgan fingerprint density at radius 3 is 1.20 bits per heavy atom. The van der Waals surface area contributed by atoms with Crippen molar-refractivity contribution in [1.29, 1.82) is 0 Å². The highest BCUT2D eigenvalue weighted by Crippen LogP contribution is 1.70. The number of rotatable bonds is 2. The largest absolute Gasteiger partial charge is 0.478 e. The number of carboxylic acid groups (broad SMARTS) is 2. The molecule has 6 N–H and O–H groups in total. The first kappa shape index (κ1) is 15.8. The molecule has 0 atom stereocenters. The third kappa shape index (κ3) is 16.0. The van der Waals surface area contributed by atoms with Gasteiger partial charge in [0.05, 0.1) is 0 Å². The summed E-state index contributed by atoms with van der Waals surface area (Å²) in [6.45, 7) is 0. The lowest BCUT2D eigenvalue weighted by Gasteiger charge is -1.74. The SMILES string of the molecule is O.O.O=C(O)/C=C/C(=O)O. The summed E-state index contributed by atoms with van der Waals surface area (Å²) in [7, 11) is 0. The highest BCUT2D eigenvalue weighted by atomic mass is 16.4. The van der Waals surface area contributed by atoms with E-state index in [1.807, 2.05) is 0 Å². The van der Waals surface area contributed by atoms with Crippen molar-refractivity contribution < 1.29 is 30.8 Å². The molecule has 0 aromatic rings. The summed E-state index contributed by atoms with van der Waals surface area (Å²) in [4.78, 5) is 19.1. The molecule has 0 aromatic heterocycles. The zero-order valence-electron chi connectivity index (χ0n) is 4.87. The maximum atomic E-state index is 9.55. The van der Waals surface area contributed by atoms with Crippen molar-refractivity contribution in [3.05, 3.63) is 12.2 Å². The van der Waals surface area contributed by atoms with Crippen LogP contribution < -0.4 is 0 Å². The van der Waals surface area contributed by atoms with E-state index < -0.39 is 11.9 Å². The first-order valence-corrected chi connectivity index (χ1v) is 1.77. The van der Waals surface area contributed by atoms with Gasteiger partial charge in [-0.2, -0.15) is 0 Å². The van der Waals surface area contributed by atoms with Crippen LogP contribution in [0.2, 0.25) is 0 Å². The van der Waals surface area contributed by atoms with Crippen molar-refractivity contribution in [3.8, 4) is 0 Å². The van der Waals surface area contributed by atoms with Crippen LogP contribution in [0.5, 0.6) is 0 Å². The van der Waals surface area contributed by atoms with E-state index in [9.17, 15) is 9.59 Å². The number of aliphatic carboxylic acids is 2. The zero-order valence-corrected chi connectivity index (χ0v) is 4.87. The Balaban J connectivity index is -0.000000245. The maximum Gasteiger partial charge on any atom is 0.328 e. The molecule has 0 radical (unpaired) electrons. The normalized spacial score (nSPS) is 7.60. The summed E-state index contributed by atoms with van der Waals surface area (Å²) in [5, 5.41) is 15.6. The van der Waals surface area contributed by atoms with Crippen LogP contribution in [0.4, 0.5) is 0 Å². The van der Waals surface area contributed by atoms with Crippen molar-refractivity contribution in [3.63, 3.8) is 0 Å². The zero-order chi connectivity index (χ0) is 6.57. The summed E-state index contributed by atoms with van der Waals surface area (Å²) < 4.78 is 0. The Labute approximate surface area is 56.0 Å². The van der Waals surface area contributed by atoms with Gasteiger partial charge in [0, 0.05) is 12.2 Å². The molecule has 0 saturated carbocycles. The molecule has 0 heterocycles. The topological polar surface area (TPSA) is 138 Å². The van der Waals surface area contributed by atoms with Gasteiger partial charge in [-0.15, -0.1) is 0 Å². The molecule has 6 heteroatoms. The molecule has 0 aliphatic heterocycles. The minimum Gasteiger partial charge on any atom is -0.478 e. The first-order chi connectivity index (χ1) is 3.63. The van der Waals surface area contributed by atoms with Gasteiger partial charge >= 0.3 is 11.9 Å². The quantitative estimate of drug-likeness (QED) is 0.444. The Hall–Kier alpha value is -1.40. The predicted octanol–water partition coefficient (Wildman–Crippen LogP) is -1.94. The van der Waals surface area contributed by atoms with Crippen LogP contribution in [0.1, 0.15) is 0 Å². The predicted molar refractivity (Wildman–Crippen MR) is 31.6 cm³/mol. The molecule has 0 saturated heterocycles. The molecule has 10 heavy (non-hydrogen) atoms. The maximum absolute atomic E-state index is 9.55. The van der Waals surface area contributed by atoms with Crippen molar-refractivity contribution in [1.82, 2.24) is 0 Å². The molecule has 0 aromatic carbocycles. The molecule has 0 spiro atoms.